The highest BCUT2D eigenvalue weighted by molar-refractivity contribution is 5.19. The molecule has 0 spiro atoms. The molecule has 0 saturated carbocycles. The van der Waals surface area contributed by atoms with E-state index in [4.69, 9.17) is 4.52 Å². The van der Waals surface area contributed by atoms with Crippen molar-refractivity contribution >= 4 is 0 Å². The molecule has 124 valence electrons. The van der Waals surface area contributed by atoms with E-state index in [0.29, 0.717) is 11.7 Å². The average molecular weight is 318 g/mol. The summed E-state index contributed by atoms with van der Waals surface area (Å²) in [5, 5.41) is 3.86. The van der Waals surface area contributed by atoms with E-state index in [9.17, 15) is 4.39 Å². The van der Waals surface area contributed by atoms with E-state index in [2.05, 4.69) is 33.8 Å². The van der Waals surface area contributed by atoms with Gasteiger partial charge in [0.05, 0.1) is 6.04 Å². The van der Waals surface area contributed by atoms with E-state index in [1.54, 1.807) is 12.1 Å². The van der Waals surface area contributed by atoms with Crippen LogP contribution in [-0.4, -0.2) is 46.1 Å². The van der Waals surface area contributed by atoms with Crippen molar-refractivity contribution in [3.8, 4) is 0 Å². The molecule has 1 aliphatic heterocycles. The third-order valence-corrected chi connectivity index (χ3v) is 4.68. The second kappa shape index (κ2) is 6.76. The van der Waals surface area contributed by atoms with Crippen LogP contribution >= 0.6 is 0 Å². The quantitative estimate of drug-likeness (QED) is 0.867. The Hall–Kier alpha value is -1.79. The maximum Gasteiger partial charge on any atom is 0.243 e. The number of aromatic nitrogens is 2. The maximum absolute atomic E-state index is 13.4. The highest BCUT2D eigenvalue weighted by atomic mass is 19.1. The third kappa shape index (κ3) is 3.59. The van der Waals surface area contributed by atoms with Crippen molar-refractivity contribution < 1.29 is 8.91 Å². The molecule has 1 saturated heterocycles. The van der Waals surface area contributed by atoms with E-state index in [-0.39, 0.29) is 17.9 Å². The maximum atomic E-state index is 13.4. The van der Waals surface area contributed by atoms with Crippen LogP contribution in [0.5, 0.6) is 0 Å². The lowest BCUT2D eigenvalue weighted by Gasteiger charge is -2.39. The van der Waals surface area contributed by atoms with Gasteiger partial charge in [0.25, 0.3) is 0 Å². The van der Waals surface area contributed by atoms with Crippen LogP contribution in [0.15, 0.2) is 28.8 Å². The highest BCUT2D eigenvalue weighted by Crippen LogP contribution is 2.25. The minimum absolute atomic E-state index is 0.128. The molecule has 0 radical (unpaired) electrons. The Bertz CT molecular complexity index is 652. The summed E-state index contributed by atoms with van der Waals surface area (Å²) in [7, 11) is 0. The van der Waals surface area contributed by atoms with E-state index in [0.717, 1.165) is 31.7 Å². The van der Waals surface area contributed by atoms with Gasteiger partial charge in [0.1, 0.15) is 5.82 Å². The number of benzene rings is 1. The summed E-state index contributed by atoms with van der Waals surface area (Å²) in [5.74, 6) is 1.17. The van der Waals surface area contributed by atoms with E-state index in [1.165, 1.54) is 6.07 Å². The lowest BCUT2D eigenvalue weighted by molar-refractivity contribution is 0.0677. The van der Waals surface area contributed by atoms with Gasteiger partial charge in [-0.15, -0.1) is 0 Å². The number of hydrogen-bond acceptors (Lipinski definition) is 5. The van der Waals surface area contributed by atoms with Crippen LogP contribution in [0.1, 0.15) is 43.2 Å². The third-order valence-electron chi connectivity index (χ3n) is 4.68. The normalized spacial score (nSPS) is 19.7. The lowest BCUT2D eigenvalue weighted by Crippen LogP contribution is -2.47. The van der Waals surface area contributed by atoms with Crippen LogP contribution in [0.4, 0.5) is 4.39 Å². The predicted octanol–water partition coefficient (Wildman–Crippen LogP) is 2.96. The van der Waals surface area contributed by atoms with Gasteiger partial charge in [0.2, 0.25) is 5.89 Å². The molecule has 2 heterocycles. The van der Waals surface area contributed by atoms with Crippen molar-refractivity contribution in [3.05, 3.63) is 47.4 Å². The van der Waals surface area contributed by atoms with Crippen molar-refractivity contribution in [1.82, 2.24) is 19.9 Å². The molecule has 0 amide bonds. The zero-order valence-electron chi connectivity index (χ0n) is 13.9. The number of rotatable bonds is 4. The zero-order chi connectivity index (χ0) is 16.4. The molecule has 1 fully saturated rings. The van der Waals surface area contributed by atoms with Crippen molar-refractivity contribution in [2.75, 3.05) is 26.2 Å². The molecule has 2 aromatic rings. The summed E-state index contributed by atoms with van der Waals surface area (Å²) in [5.41, 5.74) is 1.03. The predicted molar refractivity (Wildman–Crippen MR) is 85.4 cm³/mol. The second-order valence-corrected chi connectivity index (χ2v) is 6.16. The largest absolute Gasteiger partial charge is 0.338 e. The summed E-state index contributed by atoms with van der Waals surface area (Å²) in [6.07, 6.45) is 0. The minimum atomic E-state index is -0.173. The van der Waals surface area contributed by atoms with Crippen molar-refractivity contribution in [2.45, 2.75) is 32.9 Å². The minimum Gasteiger partial charge on any atom is -0.338 e. The molecule has 0 bridgehead atoms. The van der Waals surface area contributed by atoms with Crippen LogP contribution in [-0.2, 0) is 0 Å². The fraction of sp³-hybridized carbons (Fsp3) is 0.529. The van der Waals surface area contributed by atoms with Gasteiger partial charge in [-0.1, -0.05) is 17.3 Å². The summed E-state index contributed by atoms with van der Waals surface area (Å²) in [4.78, 5) is 9.06. The van der Waals surface area contributed by atoms with Gasteiger partial charge in [-0.2, -0.15) is 4.98 Å². The number of piperazine rings is 1. The summed E-state index contributed by atoms with van der Waals surface area (Å²) < 4.78 is 18.7. The SMILES string of the molecule is Cc1noc([C@H](C)N2CCN([C@H](C)c3cccc(F)c3)CC2)n1. The Labute approximate surface area is 136 Å². The summed E-state index contributed by atoms with van der Waals surface area (Å²) in [6, 6.07) is 7.22. The fourth-order valence-corrected chi connectivity index (χ4v) is 3.13. The summed E-state index contributed by atoms with van der Waals surface area (Å²) >= 11 is 0. The highest BCUT2D eigenvalue weighted by Gasteiger charge is 2.27. The Morgan fingerprint density at radius 3 is 2.30 bits per heavy atom. The Balaban J connectivity index is 1.59. The van der Waals surface area contributed by atoms with E-state index in [1.807, 2.05) is 13.0 Å². The Morgan fingerprint density at radius 2 is 1.74 bits per heavy atom. The van der Waals surface area contributed by atoms with Crippen LogP contribution in [0.2, 0.25) is 0 Å². The van der Waals surface area contributed by atoms with Gasteiger partial charge in [-0.05, 0) is 38.5 Å². The topological polar surface area (TPSA) is 45.4 Å². The van der Waals surface area contributed by atoms with Crippen molar-refractivity contribution in [2.24, 2.45) is 0 Å². The van der Waals surface area contributed by atoms with Crippen molar-refractivity contribution in [1.29, 1.82) is 0 Å². The molecule has 1 aromatic carbocycles. The monoisotopic (exact) mass is 318 g/mol. The van der Waals surface area contributed by atoms with Crippen molar-refractivity contribution in [3.63, 3.8) is 0 Å². The number of hydrogen-bond donors (Lipinski definition) is 0. The van der Waals surface area contributed by atoms with Crippen LogP contribution < -0.4 is 0 Å². The number of aryl methyl sites for hydroxylation is 1. The lowest BCUT2D eigenvalue weighted by atomic mass is 10.1. The van der Waals surface area contributed by atoms with Gasteiger partial charge in [0.15, 0.2) is 5.82 Å². The first-order valence-corrected chi connectivity index (χ1v) is 8.08. The smallest absolute Gasteiger partial charge is 0.243 e. The fourth-order valence-electron chi connectivity index (χ4n) is 3.13. The Morgan fingerprint density at radius 1 is 1.09 bits per heavy atom. The molecular weight excluding hydrogens is 295 g/mol. The first-order valence-electron chi connectivity index (χ1n) is 8.08. The number of nitrogens with zero attached hydrogens (tertiary/aromatic N) is 4. The summed E-state index contributed by atoms with van der Waals surface area (Å²) in [6.45, 7) is 9.81. The second-order valence-electron chi connectivity index (χ2n) is 6.16. The molecule has 3 rings (SSSR count). The standard InChI is InChI=1S/C17H23FN4O/c1-12(15-5-4-6-16(18)11-15)21-7-9-22(10-8-21)13(2)17-19-14(3)20-23-17/h4-6,11-13H,7-10H2,1-3H3/t12-,13+/m1/s1. The zero-order valence-corrected chi connectivity index (χ0v) is 13.9. The first kappa shape index (κ1) is 16.1. The van der Waals surface area contributed by atoms with Gasteiger partial charge in [-0.25, -0.2) is 4.39 Å². The van der Waals surface area contributed by atoms with Crippen LogP contribution in [0.3, 0.4) is 0 Å². The Kier molecular flexibility index (Phi) is 4.73. The molecule has 1 aliphatic rings. The van der Waals surface area contributed by atoms with Gasteiger partial charge < -0.3 is 4.52 Å². The van der Waals surface area contributed by atoms with Gasteiger partial charge >= 0.3 is 0 Å². The molecule has 0 unspecified atom stereocenters. The van der Waals surface area contributed by atoms with E-state index < -0.39 is 0 Å². The molecule has 6 heteroatoms. The molecule has 23 heavy (non-hydrogen) atoms. The van der Waals surface area contributed by atoms with Gasteiger partial charge in [-0.3, -0.25) is 9.80 Å². The number of halogens is 1. The molecule has 0 aliphatic carbocycles. The molecule has 2 atom stereocenters. The van der Waals surface area contributed by atoms with E-state index >= 15 is 0 Å². The molecular formula is C17H23FN4O. The van der Waals surface area contributed by atoms with Crippen LogP contribution in [0.25, 0.3) is 0 Å². The molecule has 0 N–H and O–H groups in total. The molecule has 1 aromatic heterocycles. The average Bonchev–Trinajstić information content (AvgIpc) is 3.00. The first-order chi connectivity index (χ1) is 11.0. The van der Waals surface area contributed by atoms with Gasteiger partial charge in [0, 0.05) is 32.2 Å². The molecule has 5 nitrogen and oxygen atoms in total. The van der Waals surface area contributed by atoms with Crippen LogP contribution in [0, 0.1) is 12.7 Å².